The highest BCUT2D eigenvalue weighted by atomic mass is 28.3. The van der Waals surface area contributed by atoms with Gasteiger partial charge in [-0.15, -0.1) is 0 Å². The van der Waals surface area contributed by atoms with Crippen LogP contribution in [0, 0.1) is 37.5 Å². The summed E-state index contributed by atoms with van der Waals surface area (Å²) < 4.78 is 0. The molecule has 0 spiro atoms. The molecule has 2 saturated carbocycles. The molecule has 0 nitrogen and oxygen atoms in total. The van der Waals surface area contributed by atoms with Gasteiger partial charge in [-0.3, -0.25) is 0 Å². The predicted octanol–water partition coefficient (Wildman–Crippen LogP) is 6.94. The average Bonchev–Trinajstić information content (AvgIpc) is 3.00. The van der Waals surface area contributed by atoms with Crippen molar-refractivity contribution in [3.63, 3.8) is 0 Å². The van der Waals surface area contributed by atoms with Crippen LogP contribution in [0.1, 0.15) is 56.6 Å². The van der Waals surface area contributed by atoms with Crippen LogP contribution < -0.4 is 5.19 Å². The number of rotatable bonds is 5. The lowest BCUT2D eigenvalue weighted by Crippen LogP contribution is -2.52. The fourth-order valence-corrected chi connectivity index (χ4v) is 12.8. The maximum atomic E-state index is 2.77. The molecule has 0 bridgehead atoms. The van der Waals surface area contributed by atoms with Crippen LogP contribution in [-0.4, -0.2) is 8.07 Å². The third-order valence-corrected chi connectivity index (χ3v) is 13.4. The smallest absolute Gasteiger partial charge is 0.0808 e. The van der Waals surface area contributed by atoms with Gasteiger partial charge >= 0.3 is 0 Å². The van der Waals surface area contributed by atoms with Crippen LogP contribution in [0.5, 0.6) is 0 Å². The van der Waals surface area contributed by atoms with E-state index in [1.54, 1.807) is 5.19 Å². The van der Waals surface area contributed by atoms with Crippen molar-refractivity contribution in [3.05, 3.63) is 53.6 Å². The van der Waals surface area contributed by atoms with Gasteiger partial charge in [-0.2, -0.15) is 0 Å². The van der Waals surface area contributed by atoms with Crippen molar-refractivity contribution >= 4 is 13.3 Å². The molecule has 6 atom stereocenters. The topological polar surface area (TPSA) is 0 Å². The van der Waals surface area contributed by atoms with Gasteiger partial charge < -0.3 is 0 Å². The van der Waals surface area contributed by atoms with E-state index in [9.17, 15) is 0 Å². The second kappa shape index (κ2) is 7.74. The van der Waals surface area contributed by atoms with Crippen LogP contribution in [0.2, 0.25) is 18.1 Å². The van der Waals surface area contributed by atoms with Crippen LogP contribution in [-0.2, 0) is 0 Å². The molecule has 4 rings (SSSR count). The van der Waals surface area contributed by atoms with Crippen molar-refractivity contribution in [2.24, 2.45) is 23.7 Å². The molecule has 1 aromatic carbocycles. The molecule has 0 amide bonds. The third kappa shape index (κ3) is 3.41. The Labute approximate surface area is 168 Å². The molecule has 146 valence electrons. The third-order valence-electron chi connectivity index (χ3n) is 8.13. The summed E-state index contributed by atoms with van der Waals surface area (Å²) in [6.45, 7) is 9.74. The molecule has 0 N–H and O–H groups in total. The quantitative estimate of drug-likeness (QED) is 0.487. The van der Waals surface area contributed by atoms with Crippen molar-refractivity contribution in [1.29, 1.82) is 0 Å². The summed E-state index contributed by atoms with van der Waals surface area (Å²) in [5, 5.41) is 1.76. The van der Waals surface area contributed by atoms with Crippen molar-refractivity contribution < 1.29 is 0 Å². The number of unbranched alkanes of at least 4 members (excludes halogenated alkanes) is 1. The van der Waals surface area contributed by atoms with Crippen LogP contribution in [0.25, 0.3) is 0 Å². The molecule has 1 aromatic rings. The van der Waals surface area contributed by atoms with Gasteiger partial charge in [0.05, 0.1) is 8.07 Å². The van der Waals surface area contributed by atoms with E-state index in [2.05, 4.69) is 69.8 Å². The Morgan fingerprint density at radius 2 is 1.52 bits per heavy atom. The van der Waals surface area contributed by atoms with Crippen molar-refractivity contribution in [2.45, 2.75) is 77.4 Å². The van der Waals surface area contributed by atoms with E-state index in [0.29, 0.717) is 0 Å². The molecule has 2 fully saturated rings. The monoisotopic (exact) mass is 378 g/mol. The van der Waals surface area contributed by atoms with E-state index < -0.39 is 8.07 Å². The minimum atomic E-state index is -1.58. The fraction of sp³-hybridized carbons (Fsp3) is 0.615. The summed E-state index contributed by atoms with van der Waals surface area (Å²) in [4.78, 5) is 0. The summed E-state index contributed by atoms with van der Waals surface area (Å²) in [6.07, 6.45) is 18.5. The average molecular weight is 379 g/mol. The van der Waals surface area contributed by atoms with Crippen molar-refractivity contribution in [1.82, 2.24) is 0 Å². The molecule has 0 aliphatic heterocycles. The largest absolute Gasteiger partial charge is 0.0876 e. The zero-order chi connectivity index (χ0) is 19.0. The lowest BCUT2D eigenvalue weighted by molar-refractivity contribution is 0.247. The molecule has 0 saturated heterocycles. The molecule has 3 aliphatic carbocycles. The number of hydrogen-bond acceptors (Lipinski definition) is 0. The maximum absolute atomic E-state index is 2.77. The van der Waals surface area contributed by atoms with Crippen LogP contribution in [0.3, 0.4) is 0 Å². The summed E-state index contributed by atoms with van der Waals surface area (Å²) in [6, 6.07) is 8.98. The van der Waals surface area contributed by atoms with Gasteiger partial charge in [-0.05, 0) is 49.5 Å². The van der Waals surface area contributed by atoms with Gasteiger partial charge in [0.1, 0.15) is 0 Å². The standard InChI is InChI=1S/C26H38Si/c1-5-6-15-27(4,21-17-19(2)16-20(3)18-21)26-24-13-9-7-11-22(24)23-12-8-10-14-25(23)26/h7,9,11,13,16-18,22-26H,5-6,8,10,12,14-15H2,1-4H3. The van der Waals surface area contributed by atoms with Crippen LogP contribution >= 0.6 is 0 Å². The highest BCUT2D eigenvalue weighted by molar-refractivity contribution is 6.92. The number of allylic oxidation sites excluding steroid dienone is 4. The molecular formula is C26H38Si. The summed E-state index contributed by atoms with van der Waals surface area (Å²) in [7, 11) is -1.58. The summed E-state index contributed by atoms with van der Waals surface area (Å²) in [5.41, 5.74) is 3.87. The van der Waals surface area contributed by atoms with Gasteiger partial charge in [0.25, 0.3) is 0 Å². The SMILES string of the molecule is CCCC[Si](C)(c1cc(C)cc(C)c1)C1C2C=CC=CC2C2CCCCC21. The Bertz CT molecular complexity index is 709. The van der Waals surface area contributed by atoms with Gasteiger partial charge in [0.15, 0.2) is 0 Å². The van der Waals surface area contributed by atoms with Crippen LogP contribution in [0.4, 0.5) is 0 Å². The molecule has 1 heteroatoms. The van der Waals surface area contributed by atoms with E-state index in [4.69, 9.17) is 0 Å². The number of benzene rings is 1. The molecule has 0 aromatic heterocycles. The second-order valence-corrected chi connectivity index (χ2v) is 14.5. The van der Waals surface area contributed by atoms with Gasteiger partial charge in [-0.1, -0.05) is 110 Å². The Balaban J connectivity index is 1.80. The first-order valence-electron chi connectivity index (χ1n) is 11.5. The Morgan fingerprint density at radius 3 is 2.19 bits per heavy atom. The fourth-order valence-electron chi connectivity index (χ4n) is 7.08. The highest BCUT2D eigenvalue weighted by Crippen LogP contribution is 2.61. The molecule has 0 heterocycles. The Morgan fingerprint density at radius 1 is 0.889 bits per heavy atom. The first kappa shape index (κ1) is 19.2. The molecule has 6 unspecified atom stereocenters. The minimum absolute atomic E-state index is 0.803. The predicted molar refractivity (Wildman–Crippen MR) is 121 cm³/mol. The number of aryl methyl sites for hydroxylation is 2. The lowest BCUT2D eigenvalue weighted by atomic mass is 9.77. The molecule has 27 heavy (non-hydrogen) atoms. The van der Waals surface area contributed by atoms with E-state index in [0.717, 1.165) is 29.2 Å². The second-order valence-electron chi connectivity index (χ2n) is 9.96. The zero-order valence-electron chi connectivity index (χ0n) is 17.9. The summed E-state index contributed by atoms with van der Waals surface area (Å²) >= 11 is 0. The van der Waals surface area contributed by atoms with Gasteiger partial charge in [0.2, 0.25) is 0 Å². The molecule has 0 radical (unpaired) electrons. The van der Waals surface area contributed by atoms with Gasteiger partial charge in [-0.25, -0.2) is 0 Å². The van der Waals surface area contributed by atoms with Gasteiger partial charge in [0, 0.05) is 0 Å². The zero-order valence-corrected chi connectivity index (χ0v) is 18.9. The highest BCUT2D eigenvalue weighted by Gasteiger charge is 2.56. The Hall–Kier alpha value is -1.08. The normalized spacial score (nSPS) is 34.1. The molecular weight excluding hydrogens is 340 g/mol. The first-order chi connectivity index (χ1) is 13.0. The van der Waals surface area contributed by atoms with E-state index in [-0.39, 0.29) is 0 Å². The van der Waals surface area contributed by atoms with E-state index in [1.165, 1.54) is 55.7 Å². The van der Waals surface area contributed by atoms with E-state index >= 15 is 0 Å². The summed E-state index contributed by atoms with van der Waals surface area (Å²) in [5.74, 6) is 3.55. The number of fused-ring (bicyclic) bond motifs is 3. The van der Waals surface area contributed by atoms with E-state index in [1.807, 2.05) is 0 Å². The van der Waals surface area contributed by atoms with Crippen molar-refractivity contribution in [3.8, 4) is 0 Å². The first-order valence-corrected chi connectivity index (χ1v) is 14.3. The van der Waals surface area contributed by atoms with Crippen molar-refractivity contribution in [2.75, 3.05) is 0 Å². The number of hydrogen-bond donors (Lipinski definition) is 0. The lowest BCUT2D eigenvalue weighted by Gasteiger charge is -2.42. The minimum Gasteiger partial charge on any atom is -0.0808 e. The maximum Gasteiger partial charge on any atom is 0.0876 e. The Kier molecular flexibility index (Phi) is 5.52. The molecule has 3 aliphatic rings. The van der Waals surface area contributed by atoms with Crippen LogP contribution in [0.15, 0.2) is 42.5 Å².